The molecule has 1 aromatic rings. The summed E-state index contributed by atoms with van der Waals surface area (Å²) in [5.41, 5.74) is 6.96. The Labute approximate surface area is 128 Å². The molecule has 0 radical (unpaired) electrons. The van der Waals surface area contributed by atoms with E-state index in [1.54, 1.807) is 5.57 Å². The summed E-state index contributed by atoms with van der Waals surface area (Å²) in [7, 11) is 0. The predicted molar refractivity (Wildman–Crippen MR) is 86.6 cm³/mol. The van der Waals surface area contributed by atoms with Gasteiger partial charge in [0.15, 0.2) is 0 Å². The highest BCUT2D eigenvalue weighted by molar-refractivity contribution is 5.47. The maximum atomic E-state index is 9.73. The molecular weight excluding hydrogens is 256 g/mol. The fourth-order valence-corrected chi connectivity index (χ4v) is 5.42. The van der Waals surface area contributed by atoms with Gasteiger partial charge >= 0.3 is 0 Å². The Bertz CT molecular complexity index is 612. The van der Waals surface area contributed by atoms with E-state index in [2.05, 4.69) is 19.9 Å². The first-order chi connectivity index (χ1) is 10.1. The van der Waals surface area contributed by atoms with Crippen molar-refractivity contribution >= 4 is 0 Å². The van der Waals surface area contributed by atoms with Gasteiger partial charge in [-0.3, -0.25) is 0 Å². The molecule has 0 spiro atoms. The smallest absolute Gasteiger partial charge is 0.115 e. The van der Waals surface area contributed by atoms with E-state index in [4.69, 9.17) is 0 Å². The van der Waals surface area contributed by atoms with Gasteiger partial charge in [-0.2, -0.15) is 0 Å². The number of rotatable bonds is 0. The molecule has 0 saturated heterocycles. The van der Waals surface area contributed by atoms with Crippen LogP contribution in [-0.4, -0.2) is 5.11 Å². The molecule has 1 aromatic carbocycles. The lowest BCUT2D eigenvalue weighted by Gasteiger charge is -2.48. The second-order valence-corrected chi connectivity index (χ2v) is 7.89. The molecule has 0 bridgehead atoms. The first-order valence-electron chi connectivity index (χ1n) is 8.61. The molecule has 1 N–H and O–H groups in total. The Morgan fingerprint density at radius 1 is 1.14 bits per heavy atom. The molecule has 112 valence electrons. The SMILES string of the molecule is CC1CCC2=C3CCc4cc(O)ccc4C3CCC2(C)C1. The number of hydrogen-bond donors (Lipinski definition) is 1. The van der Waals surface area contributed by atoms with E-state index < -0.39 is 0 Å². The summed E-state index contributed by atoms with van der Waals surface area (Å²) < 4.78 is 0. The van der Waals surface area contributed by atoms with Gasteiger partial charge < -0.3 is 5.11 Å². The van der Waals surface area contributed by atoms with Crippen molar-refractivity contribution in [2.24, 2.45) is 11.3 Å². The molecule has 3 unspecified atom stereocenters. The zero-order valence-corrected chi connectivity index (χ0v) is 13.3. The second kappa shape index (κ2) is 4.63. The number of phenols is 1. The zero-order chi connectivity index (χ0) is 14.6. The Morgan fingerprint density at radius 3 is 2.86 bits per heavy atom. The predicted octanol–water partition coefficient (Wildman–Crippen LogP) is 5.34. The molecule has 3 atom stereocenters. The quantitative estimate of drug-likeness (QED) is 0.637. The van der Waals surface area contributed by atoms with Gasteiger partial charge in [-0.05, 0) is 79.5 Å². The van der Waals surface area contributed by atoms with E-state index in [1.807, 2.05) is 17.7 Å². The Balaban J connectivity index is 1.79. The van der Waals surface area contributed by atoms with Gasteiger partial charge in [0.05, 0.1) is 0 Å². The standard InChI is InChI=1S/C20H26O/c1-13-3-8-19-18-6-4-14-11-15(21)5-7-16(14)17(18)9-10-20(19,2)12-13/h5,7,11,13,17,21H,3-4,6,8-10,12H2,1-2H3. The summed E-state index contributed by atoms with van der Waals surface area (Å²) in [5.74, 6) is 1.96. The Hall–Kier alpha value is -1.24. The topological polar surface area (TPSA) is 20.2 Å². The minimum Gasteiger partial charge on any atom is -0.508 e. The van der Waals surface area contributed by atoms with Crippen molar-refractivity contribution in [1.29, 1.82) is 0 Å². The Morgan fingerprint density at radius 2 is 2.00 bits per heavy atom. The molecule has 1 saturated carbocycles. The van der Waals surface area contributed by atoms with E-state index in [1.165, 1.54) is 49.7 Å². The molecule has 0 aromatic heterocycles. The van der Waals surface area contributed by atoms with E-state index in [9.17, 15) is 5.11 Å². The lowest BCUT2D eigenvalue weighted by atomic mass is 9.57. The number of aryl methyl sites for hydroxylation is 1. The summed E-state index contributed by atoms with van der Waals surface area (Å²) in [4.78, 5) is 0. The third-order valence-electron chi connectivity index (χ3n) is 6.37. The monoisotopic (exact) mass is 282 g/mol. The van der Waals surface area contributed by atoms with E-state index in [0.717, 1.165) is 12.3 Å². The van der Waals surface area contributed by atoms with Crippen molar-refractivity contribution in [3.05, 3.63) is 40.5 Å². The van der Waals surface area contributed by atoms with Crippen LogP contribution in [0.25, 0.3) is 0 Å². The molecule has 0 amide bonds. The van der Waals surface area contributed by atoms with Crippen LogP contribution in [0.3, 0.4) is 0 Å². The molecule has 1 heteroatoms. The van der Waals surface area contributed by atoms with Crippen LogP contribution in [0.1, 0.15) is 69.4 Å². The normalized spacial score (nSPS) is 35.0. The van der Waals surface area contributed by atoms with Gasteiger partial charge in [-0.15, -0.1) is 0 Å². The maximum absolute atomic E-state index is 9.73. The van der Waals surface area contributed by atoms with E-state index in [0.29, 0.717) is 17.1 Å². The van der Waals surface area contributed by atoms with Crippen LogP contribution in [-0.2, 0) is 6.42 Å². The molecule has 4 rings (SSSR count). The number of hydrogen-bond acceptors (Lipinski definition) is 1. The van der Waals surface area contributed by atoms with Gasteiger partial charge in [0.2, 0.25) is 0 Å². The van der Waals surface area contributed by atoms with Crippen LogP contribution >= 0.6 is 0 Å². The van der Waals surface area contributed by atoms with Crippen LogP contribution < -0.4 is 0 Å². The first kappa shape index (κ1) is 13.4. The number of allylic oxidation sites excluding steroid dienone is 2. The van der Waals surface area contributed by atoms with Crippen molar-refractivity contribution in [3.63, 3.8) is 0 Å². The van der Waals surface area contributed by atoms with Gasteiger partial charge in [0, 0.05) is 5.92 Å². The summed E-state index contributed by atoms with van der Waals surface area (Å²) in [6.07, 6.45) is 9.09. The highest BCUT2D eigenvalue weighted by atomic mass is 16.3. The zero-order valence-electron chi connectivity index (χ0n) is 13.3. The van der Waals surface area contributed by atoms with Gasteiger partial charge in [0.25, 0.3) is 0 Å². The molecule has 1 fully saturated rings. The third-order valence-corrected chi connectivity index (χ3v) is 6.37. The summed E-state index contributed by atoms with van der Waals surface area (Å²) in [6, 6.07) is 6.06. The molecule has 0 heterocycles. The first-order valence-corrected chi connectivity index (χ1v) is 8.61. The lowest BCUT2D eigenvalue weighted by molar-refractivity contribution is 0.199. The Kier molecular flexibility index (Phi) is 2.96. The van der Waals surface area contributed by atoms with Crippen molar-refractivity contribution < 1.29 is 5.11 Å². The molecule has 1 nitrogen and oxygen atoms in total. The largest absolute Gasteiger partial charge is 0.508 e. The highest BCUT2D eigenvalue weighted by Gasteiger charge is 2.42. The second-order valence-electron chi connectivity index (χ2n) is 7.89. The van der Waals surface area contributed by atoms with Crippen LogP contribution in [0.5, 0.6) is 5.75 Å². The fourth-order valence-electron chi connectivity index (χ4n) is 5.42. The highest BCUT2D eigenvalue weighted by Crippen LogP contribution is 2.57. The third kappa shape index (κ3) is 2.05. The molecule has 21 heavy (non-hydrogen) atoms. The number of fused-ring (bicyclic) bond motifs is 4. The van der Waals surface area contributed by atoms with E-state index >= 15 is 0 Å². The minimum atomic E-state index is 0.428. The number of aromatic hydroxyl groups is 1. The molecule has 3 aliphatic rings. The number of benzene rings is 1. The maximum Gasteiger partial charge on any atom is 0.115 e. The molecule has 0 aliphatic heterocycles. The molecular formula is C20H26O. The fraction of sp³-hybridized carbons (Fsp3) is 0.600. The van der Waals surface area contributed by atoms with Gasteiger partial charge in [0.1, 0.15) is 5.75 Å². The van der Waals surface area contributed by atoms with Crippen LogP contribution in [0.15, 0.2) is 29.3 Å². The van der Waals surface area contributed by atoms with Crippen LogP contribution in [0.4, 0.5) is 0 Å². The van der Waals surface area contributed by atoms with Crippen molar-refractivity contribution in [2.75, 3.05) is 0 Å². The summed E-state index contributed by atoms with van der Waals surface area (Å²) >= 11 is 0. The summed E-state index contributed by atoms with van der Waals surface area (Å²) in [5, 5.41) is 9.73. The average Bonchev–Trinajstić information content (AvgIpc) is 2.45. The minimum absolute atomic E-state index is 0.428. The van der Waals surface area contributed by atoms with Gasteiger partial charge in [-0.1, -0.05) is 31.1 Å². The van der Waals surface area contributed by atoms with Gasteiger partial charge in [-0.25, -0.2) is 0 Å². The van der Waals surface area contributed by atoms with Crippen molar-refractivity contribution in [2.45, 2.75) is 64.7 Å². The van der Waals surface area contributed by atoms with Crippen LogP contribution in [0.2, 0.25) is 0 Å². The van der Waals surface area contributed by atoms with Crippen LogP contribution in [0, 0.1) is 11.3 Å². The molecule has 3 aliphatic carbocycles. The van der Waals surface area contributed by atoms with Crippen molar-refractivity contribution in [1.82, 2.24) is 0 Å². The lowest BCUT2D eigenvalue weighted by Crippen LogP contribution is -2.34. The summed E-state index contributed by atoms with van der Waals surface area (Å²) in [6.45, 7) is 4.95. The number of phenolic OH excluding ortho intramolecular Hbond substituents is 1. The van der Waals surface area contributed by atoms with E-state index in [-0.39, 0.29) is 0 Å². The average molecular weight is 282 g/mol. The van der Waals surface area contributed by atoms with Crippen molar-refractivity contribution in [3.8, 4) is 5.75 Å².